The molecule has 1 atom stereocenters. The molecule has 0 fully saturated rings. The molecule has 0 bridgehead atoms. The average Bonchev–Trinajstić information content (AvgIpc) is 2.66. The van der Waals surface area contributed by atoms with Gasteiger partial charge in [-0.15, -0.1) is 0 Å². The maximum absolute atomic E-state index is 12.2. The van der Waals surface area contributed by atoms with Crippen LogP contribution in [0.2, 0.25) is 0 Å². The third kappa shape index (κ3) is 7.91. The highest BCUT2D eigenvalue weighted by Gasteiger charge is 2.34. The number of benzene rings is 2. The van der Waals surface area contributed by atoms with Crippen LogP contribution in [0.25, 0.3) is 6.08 Å². The van der Waals surface area contributed by atoms with Crippen LogP contribution in [-0.4, -0.2) is 26.9 Å². The average molecular weight is 472 g/mol. The Bertz CT molecular complexity index is 900. The first-order valence-electron chi connectivity index (χ1n) is 8.14. The lowest BCUT2D eigenvalue weighted by molar-refractivity contribution is -0.255. The van der Waals surface area contributed by atoms with Gasteiger partial charge in [0.1, 0.15) is 6.17 Å². The van der Waals surface area contributed by atoms with E-state index < -0.39 is 21.8 Å². The van der Waals surface area contributed by atoms with Gasteiger partial charge in [-0.1, -0.05) is 77.3 Å². The van der Waals surface area contributed by atoms with Crippen molar-refractivity contribution in [1.29, 1.82) is 0 Å². The largest absolute Gasteiger partial charge is 0.545 e. The zero-order valence-electron chi connectivity index (χ0n) is 14.7. The Labute approximate surface area is 187 Å². The summed E-state index contributed by atoms with van der Waals surface area (Å²) in [4.78, 5) is 23.0. The van der Waals surface area contributed by atoms with E-state index in [-0.39, 0.29) is 10.7 Å². The van der Waals surface area contributed by atoms with Crippen molar-refractivity contribution in [2.45, 2.75) is 9.96 Å². The van der Waals surface area contributed by atoms with E-state index in [1.807, 2.05) is 30.3 Å². The molecule has 6 nitrogen and oxygen atoms in total. The monoisotopic (exact) mass is 470 g/mol. The highest BCUT2D eigenvalue weighted by molar-refractivity contribution is 7.80. The summed E-state index contributed by atoms with van der Waals surface area (Å²) in [5.74, 6) is -1.79. The lowest BCUT2D eigenvalue weighted by Crippen LogP contribution is -2.55. The van der Waals surface area contributed by atoms with Gasteiger partial charge in [-0.05, 0) is 41.6 Å². The predicted octanol–water partition coefficient (Wildman–Crippen LogP) is 2.86. The van der Waals surface area contributed by atoms with Gasteiger partial charge in [0.2, 0.25) is 9.70 Å². The van der Waals surface area contributed by atoms with E-state index >= 15 is 0 Å². The van der Waals surface area contributed by atoms with Gasteiger partial charge in [-0.25, -0.2) is 0 Å². The molecule has 0 radical (unpaired) electrons. The van der Waals surface area contributed by atoms with Crippen LogP contribution in [0.1, 0.15) is 15.9 Å². The Hall–Kier alpha value is -2.32. The lowest BCUT2D eigenvalue weighted by Gasteiger charge is -2.27. The number of carboxylic acids is 1. The second-order valence-corrected chi connectivity index (χ2v) is 8.47. The zero-order chi connectivity index (χ0) is 21.4. The fourth-order valence-corrected chi connectivity index (χ4v) is 2.68. The molecule has 0 aliphatic rings. The number of hydrogen-bond donors (Lipinski definition) is 3. The molecule has 0 saturated heterocycles. The van der Waals surface area contributed by atoms with Gasteiger partial charge in [0.25, 0.3) is 0 Å². The lowest BCUT2D eigenvalue weighted by atomic mass is 10.2. The van der Waals surface area contributed by atoms with Crippen molar-refractivity contribution in [1.82, 2.24) is 10.6 Å². The molecule has 10 heteroatoms. The second kappa shape index (κ2) is 10.5. The molecular weight excluding hydrogens is 457 g/mol. The van der Waals surface area contributed by atoms with Crippen LogP contribution < -0.4 is 21.1 Å². The number of carboxylic acid groups (broad SMARTS) is 1. The van der Waals surface area contributed by atoms with Crippen LogP contribution in [-0.2, 0) is 4.79 Å². The molecule has 0 aromatic heterocycles. The number of alkyl halides is 3. The molecular formula is C19H15Cl3N3O3S-. The van der Waals surface area contributed by atoms with Gasteiger partial charge in [-0.2, -0.15) is 0 Å². The molecule has 3 N–H and O–H groups in total. The highest BCUT2D eigenvalue weighted by Crippen LogP contribution is 2.29. The first kappa shape index (κ1) is 23.0. The molecule has 1 amide bonds. The Morgan fingerprint density at radius 2 is 1.62 bits per heavy atom. The molecule has 2 aromatic carbocycles. The van der Waals surface area contributed by atoms with Crippen LogP contribution in [0.4, 0.5) is 5.69 Å². The van der Waals surface area contributed by atoms with Crippen molar-refractivity contribution in [3.63, 3.8) is 0 Å². The summed E-state index contributed by atoms with van der Waals surface area (Å²) in [6.45, 7) is 0. The number of rotatable bonds is 6. The van der Waals surface area contributed by atoms with E-state index in [0.717, 1.165) is 5.56 Å². The van der Waals surface area contributed by atoms with Gasteiger partial charge >= 0.3 is 0 Å². The third-order valence-electron chi connectivity index (χ3n) is 3.49. The van der Waals surface area contributed by atoms with E-state index in [0.29, 0.717) is 5.69 Å². The van der Waals surface area contributed by atoms with Crippen LogP contribution in [0.5, 0.6) is 0 Å². The van der Waals surface area contributed by atoms with Crippen LogP contribution >= 0.6 is 47.0 Å². The van der Waals surface area contributed by atoms with Crippen molar-refractivity contribution in [3.8, 4) is 0 Å². The smallest absolute Gasteiger partial charge is 0.245 e. The topological polar surface area (TPSA) is 93.3 Å². The van der Waals surface area contributed by atoms with Crippen molar-refractivity contribution >= 4 is 75.8 Å². The molecule has 0 aliphatic carbocycles. The number of hydrogen-bond acceptors (Lipinski definition) is 4. The highest BCUT2D eigenvalue weighted by atomic mass is 35.6. The Kier molecular flexibility index (Phi) is 8.28. The van der Waals surface area contributed by atoms with Gasteiger partial charge in [0.05, 0.1) is 5.97 Å². The summed E-state index contributed by atoms with van der Waals surface area (Å²) in [6.07, 6.45) is 1.78. The summed E-state index contributed by atoms with van der Waals surface area (Å²) in [5, 5.41) is 18.9. The molecule has 0 heterocycles. The molecule has 29 heavy (non-hydrogen) atoms. The molecule has 0 saturated carbocycles. The van der Waals surface area contributed by atoms with Crippen molar-refractivity contribution < 1.29 is 14.7 Å². The number of thiocarbonyl (C=S) groups is 1. The summed E-state index contributed by atoms with van der Waals surface area (Å²) < 4.78 is -1.90. The van der Waals surface area contributed by atoms with E-state index in [2.05, 4.69) is 16.0 Å². The molecule has 2 rings (SSSR count). The number of halogens is 3. The first-order chi connectivity index (χ1) is 13.6. The van der Waals surface area contributed by atoms with Crippen molar-refractivity contribution in [2.24, 2.45) is 0 Å². The number of anilines is 1. The number of carbonyl (C=O) groups excluding carboxylic acids is 2. The summed E-state index contributed by atoms with van der Waals surface area (Å²) in [5.41, 5.74) is 1.34. The third-order valence-corrected chi connectivity index (χ3v) is 4.37. The Balaban J connectivity index is 1.98. The normalized spacial score (nSPS) is 12.2. The molecule has 152 valence electrons. The number of aromatic carboxylic acids is 1. The van der Waals surface area contributed by atoms with Gasteiger partial charge < -0.3 is 25.9 Å². The fraction of sp³-hybridized carbons (Fsp3) is 0.105. The number of nitrogens with one attached hydrogen (secondary N) is 3. The molecule has 2 aromatic rings. The van der Waals surface area contributed by atoms with E-state index in [1.54, 1.807) is 6.08 Å². The van der Waals surface area contributed by atoms with Crippen LogP contribution in [0, 0.1) is 0 Å². The standard InChI is InChI=1S/C19H16Cl3N3O3S/c20-19(21,22)17(24-15(26)11-6-12-4-2-1-3-5-12)25-18(29)23-14-9-7-13(8-10-14)16(27)28/h1-11,17H,(H,24,26)(H,27,28)(H2,23,25,29)/p-1/b11-6+/t17-/m1/s1. The summed E-state index contributed by atoms with van der Waals surface area (Å²) in [6, 6.07) is 14.9. The first-order valence-corrected chi connectivity index (χ1v) is 9.68. The Morgan fingerprint density at radius 3 is 2.17 bits per heavy atom. The summed E-state index contributed by atoms with van der Waals surface area (Å²) >= 11 is 23.0. The van der Waals surface area contributed by atoms with Crippen molar-refractivity contribution in [2.75, 3.05) is 5.32 Å². The van der Waals surface area contributed by atoms with Gasteiger partial charge in [0.15, 0.2) is 5.11 Å². The zero-order valence-corrected chi connectivity index (χ0v) is 17.8. The minimum absolute atomic E-state index is 0.0195. The van der Waals surface area contributed by atoms with Gasteiger partial charge in [-0.3, -0.25) is 4.79 Å². The van der Waals surface area contributed by atoms with E-state index in [4.69, 9.17) is 47.0 Å². The molecule has 0 aliphatic heterocycles. The minimum atomic E-state index is -1.90. The van der Waals surface area contributed by atoms with Crippen LogP contribution in [0.15, 0.2) is 60.7 Å². The van der Waals surface area contributed by atoms with Crippen LogP contribution in [0.3, 0.4) is 0 Å². The van der Waals surface area contributed by atoms with E-state index in [9.17, 15) is 14.7 Å². The molecule has 0 unspecified atom stereocenters. The maximum Gasteiger partial charge on any atom is 0.245 e. The predicted molar refractivity (Wildman–Crippen MR) is 118 cm³/mol. The number of amides is 1. The van der Waals surface area contributed by atoms with Crippen molar-refractivity contribution in [3.05, 3.63) is 71.8 Å². The second-order valence-electron chi connectivity index (χ2n) is 5.69. The summed E-state index contributed by atoms with van der Waals surface area (Å²) in [7, 11) is 0. The Morgan fingerprint density at radius 1 is 1.00 bits per heavy atom. The molecule has 0 spiro atoms. The number of carbonyl (C=O) groups is 2. The SMILES string of the molecule is O=C(/C=C/c1ccccc1)N[C@H](NC(=S)Nc1ccc(C(=O)[O-])cc1)C(Cl)(Cl)Cl. The maximum atomic E-state index is 12.2. The quantitative estimate of drug-likeness (QED) is 0.260. The fourth-order valence-electron chi connectivity index (χ4n) is 2.11. The van der Waals surface area contributed by atoms with E-state index in [1.165, 1.54) is 30.3 Å². The minimum Gasteiger partial charge on any atom is -0.545 e. The van der Waals surface area contributed by atoms with Gasteiger partial charge in [0, 0.05) is 11.8 Å².